The molecule has 0 saturated carbocycles. The molecule has 0 atom stereocenters. The van der Waals surface area contributed by atoms with Crippen LogP contribution in [0, 0.1) is 12.2 Å². The second-order valence-electron chi connectivity index (χ2n) is 2.54. The zero-order valence-corrected chi connectivity index (χ0v) is 11.9. The van der Waals surface area contributed by atoms with Crippen LogP contribution in [0.25, 0.3) is 0 Å². The molecule has 0 heterocycles. The zero-order valence-electron chi connectivity index (χ0n) is 9.86. The molecule has 0 amide bonds. The number of rotatable bonds is 2. The molecule has 0 aromatic rings. The van der Waals surface area contributed by atoms with Crippen molar-refractivity contribution in [3.8, 4) is 0 Å². The third-order valence-corrected chi connectivity index (χ3v) is 0.704. The van der Waals surface area contributed by atoms with Gasteiger partial charge >= 0.3 is 25.3 Å². The van der Waals surface area contributed by atoms with E-state index in [-0.39, 0.29) is 23.1 Å². The molecule has 0 fully saturated rings. The predicted octanol–water partition coefficient (Wildman–Crippen LogP) is -0.955. The summed E-state index contributed by atoms with van der Waals surface area (Å²) in [6.45, 7) is 5.17. The van der Waals surface area contributed by atoms with Gasteiger partial charge < -0.3 is 43.5 Å². The van der Waals surface area contributed by atoms with Crippen LogP contribution in [0.3, 0.4) is 0 Å². The van der Waals surface area contributed by atoms with Crippen molar-refractivity contribution >= 4 is 11.6 Å². The van der Waals surface area contributed by atoms with Crippen LogP contribution in [-0.4, -0.2) is 11.6 Å². The summed E-state index contributed by atoms with van der Waals surface area (Å²) in [6.07, 6.45) is 4.06. The van der Waals surface area contributed by atoms with Crippen molar-refractivity contribution in [2.45, 2.75) is 27.7 Å². The molecule has 7 heteroatoms. The Morgan fingerprint density at radius 3 is 1.00 bits per heavy atom. The van der Waals surface area contributed by atoms with Crippen molar-refractivity contribution in [2.75, 3.05) is 0 Å². The fraction of sp³-hybridized carbons (Fsp3) is 0.400. The van der Waals surface area contributed by atoms with Gasteiger partial charge in [0, 0.05) is 0 Å². The summed E-state index contributed by atoms with van der Waals surface area (Å²) in [5.74, 6) is -1.25. The first-order valence-corrected chi connectivity index (χ1v) is 5.79. The first kappa shape index (κ1) is 21.0. The van der Waals surface area contributed by atoms with E-state index in [0.717, 1.165) is 0 Å². The molecule has 0 saturated heterocycles. The van der Waals surface area contributed by atoms with Crippen LogP contribution in [0.5, 0.6) is 0 Å². The fourth-order valence-electron chi connectivity index (χ4n) is 0.496. The van der Waals surface area contributed by atoms with Crippen LogP contribution >= 0.6 is 0 Å². The van der Waals surface area contributed by atoms with E-state index in [0.29, 0.717) is 0 Å². The summed E-state index contributed by atoms with van der Waals surface area (Å²) in [7, 11) is 0. The van der Waals surface area contributed by atoms with Crippen LogP contribution in [0.4, 0.5) is 0 Å². The van der Waals surface area contributed by atoms with Gasteiger partial charge in [0.05, 0.1) is 0 Å². The summed E-state index contributed by atoms with van der Waals surface area (Å²) in [6, 6.07) is 0. The van der Waals surface area contributed by atoms with Gasteiger partial charge in [0.25, 0.3) is 0 Å². The minimum atomic E-state index is -2.03. The van der Waals surface area contributed by atoms with E-state index in [4.69, 9.17) is 6.80 Å². The van der Waals surface area contributed by atoms with Gasteiger partial charge in [0.2, 0.25) is 0 Å². The number of carbonyl (C=O) groups is 2. The Balaban J connectivity index is -0.000000188. The van der Waals surface area contributed by atoms with Gasteiger partial charge in [-0.1, -0.05) is 13.8 Å². The first-order chi connectivity index (χ1) is 7.67. The van der Waals surface area contributed by atoms with Gasteiger partial charge in [-0.15, -0.1) is 0 Å². The standard InChI is InChI=1S/2C5H7O2.Mo.2O/c2*1-4(6)3-5(2)7;;;/h2*6H,1-2H3;;;/q2*-1;+2;;/p-2. The summed E-state index contributed by atoms with van der Waals surface area (Å²) in [4.78, 5) is 19.8. The summed E-state index contributed by atoms with van der Waals surface area (Å²) in [5, 5.41) is 19.8. The molecule has 96 valence electrons. The van der Waals surface area contributed by atoms with E-state index in [9.17, 15) is 19.8 Å². The monoisotopic (exact) mass is 326 g/mol. The van der Waals surface area contributed by atoms with Crippen molar-refractivity contribution in [2.24, 2.45) is 0 Å². The summed E-state index contributed by atoms with van der Waals surface area (Å²) < 4.78 is 17.0. The Labute approximate surface area is 108 Å². The van der Waals surface area contributed by atoms with Crippen molar-refractivity contribution in [3.05, 3.63) is 23.7 Å². The maximum absolute atomic E-state index is 9.92. The van der Waals surface area contributed by atoms with Crippen LogP contribution in [0.15, 0.2) is 11.5 Å². The molecular formula is C10H12MoO6-2. The molecule has 0 bridgehead atoms. The Bertz CT molecular complexity index is 301. The van der Waals surface area contributed by atoms with E-state index >= 15 is 0 Å². The third-order valence-electron chi connectivity index (χ3n) is 0.704. The Morgan fingerprint density at radius 1 is 0.824 bits per heavy atom. The summed E-state index contributed by atoms with van der Waals surface area (Å²) in [5.41, 5.74) is 0. The Morgan fingerprint density at radius 2 is 1.00 bits per heavy atom. The van der Waals surface area contributed by atoms with Crippen molar-refractivity contribution in [1.29, 1.82) is 0 Å². The molecule has 0 aliphatic rings. The normalized spacial score (nSPS) is 9.88. The first-order valence-electron chi connectivity index (χ1n) is 4.15. The summed E-state index contributed by atoms with van der Waals surface area (Å²) >= 11 is -2.03. The molecule has 0 unspecified atom stereocenters. The molecule has 0 spiro atoms. The van der Waals surface area contributed by atoms with E-state index in [1.807, 2.05) is 12.2 Å². The van der Waals surface area contributed by atoms with Crippen LogP contribution in [-0.2, 0) is 34.9 Å². The van der Waals surface area contributed by atoms with Gasteiger partial charge in [-0.25, -0.2) is 0 Å². The van der Waals surface area contributed by atoms with Crippen molar-refractivity contribution < 1.29 is 45.1 Å². The van der Waals surface area contributed by atoms with Gasteiger partial charge in [-0.3, -0.25) is 0 Å². The topological polar surface area (TPSA) is 114 Å². The second-order valence-corrected chi connectivity index (χ2v) is 2.88. The predicted molar refractivity (Wildman–Crippen MR) is 47.6 cm³/mol. The second kappa shape index (κ2) is 14.7. The average molecular weight is 324 g/mol. The number of carbonyl (C=O) groups excluding carboxylic acids is 2. The van der Waals surface area contributed by atoms with E-state index < -0.39 is 18.5 Å². The van der Waals surface area contributed by atoms with Crippen LogP contribution in [0.2, 0.25) is 0 Å². The van der Waals surface area contributed by atoms with Crippen LogP contribution in [0.1, 0.15) is 27.7 Å². The molecule has 0 aromatic carbocycles. The van der Waals surface area contributed by atoms with E-state index in [1.54, 1.807) is 0 Å². The average Bonchev–Trinajstić information content (AvgIpc) is 1.99. The molecule has 0 radical (unpaired) electrons. The molecule has 0 aliphatic heterocycles. The molecule has 17 heavy (non-hydrogen) atoms. The van der Waals surface area contributed by atoms with Gasteiger partial charge in [0.15, 0.2) is 0 Å². The number of Topliss-reactive ketones (excluding diaryl/α,β-unsaturated/α-hetero) is 2. The minimum absolute atomic E-state index is 0.312. The number of allylic oxidation sites excluding steroid dienone is 4. The van der Waals surface area contributed by atoms with E-state index in [2.05, 4.69) is 0 Å². The van der Waals surface area contributed by atoms with Crippen molar-refractivity contribution in [1.82, 2.24) is 0 Å². The van der Waals surface area contributed by atoms with Gasteiger partial charge in [0.1, 0.15) is 0 Å². The maximum atomic E-state index is 9.92. The molecular weight excluding hydrogens is 312 g/mol. The van der Waals surface area contributed by atoms with Gasteiger partial charge in [-0.05, 0) is 25.4 Å². The Hall–Kier alpha value is -1.29. The number of ketones is 2. The van der Waals surface area contributed by atoms with Crippen molar-refractivity contribution in [3.63, 3.8) is 0 Å². The molecule has 6 nitrogen and oxygen atoms in total. The SMILES string of the molecule is CC(=O)[C-]=C(C)[O-].CC(=O)[C-]=C(C)[O-].[O]=[Mo+2]=[O]. The molecule has 0 aromatic heterocycles. The number of hydrogen-bond donors (Lipinski definition) is 0. The Kier molecular flexibility index (Phi) is 18.2. The molecule has 0 N–H and O–H groups in total. The zero-order chi connectivity index (χ0) is 14.4. The van der Waals surface area contributed by atoms with E-state index in [1.165, 1.54) is 27.7 Å². The molecule has 0 rings (SSSR count). The number of hydrogen-bond acceptors (Lipinski definition) is 6. The molecule has 0 aliphatic carbocycles. The third kappa shape index (κ3) is 52.8. The van der Waals surface area contributed by atoms with Gasteiger partial charge in [-0.2, -0.15) is 0 Å². The fourth-order valence-corrected chi connectivity index (χ4v) is 0.496. The van der Waals surface area contributed by atoms with Crippen LogP contribution < -0.4 is 10.2 Å². The quantitative estimate of drug-likeness (QED) is 0.280.